The van der Waals surface area contributed by atoms with Crippen LogP contribution in [0.25, 0.3) is 16.6 Å². The van der Waals surface area contributed by atoms with Gasteiger partial charge < -0.3 is 25.1 Å². The average molecular weight is 582 g/mol. The largest absolute Gasteiger partial charge is 0.444 e. The van der Waals surface area contributed by atoms with Crippen molar-refractivity contribution in [1.29, 1.82) is 5.26 Å². The number of nitrogens with zero attached hydrogens (tertiary/aromatic N) is 5. The second-order valence-electron chi connectivity index (χ2n) is 13.1. The summed E-state index contributed by atoms with van der Waals surface area (Å²) >= 11 is 0. The number of ether oxygens (including phenoxy) is 1. The van der Waals surface area contributed by atoms with Crippen LogP contribution in [0.5, 0.6) is 0 Å². The van der Waals surface area contributed by atoms with Crippen molar-refractivity contribution in [2.45, 2.75) is 83.8 Å². The number of nitriles is 1. The normalized spacial score (nSPS) is 18.0. The summed E-state index contributed by atoms with van der Waals surface area (Å²) in [6.45, 7) is 17.2. The lowest BCUT2D eigenvalue weighted by atomic mass is 10.1. The SMILES string of the molecule is CC(C)(C)OC(=O)N[C@H]1C[C@@H](CO[Si](C)(C)C(C)(C)C)N(c2c(N)cc(F)c3c2cnn3-c2ccncc2C#N)C1. The van der Waals surface area contributed by atoms with E-state index in [9.17, 15) is 10.1 Å². The van der Waals surface area contributed by atoms with Crippen LogP contribution in [0.1, 0.15) is 53.5 Å². The molecule has 1 aliphatic rings. The maximum absolute atomic E-state index is 15.5. The molecule has 0 radical (unpaired) electrons. The number of nitrogens with one attached hydrogen (secondary N) is 1. The number of pyridine rings is 1. The minimum absolute atomic E-state index is 0.0108. The Balaban J connectivity index is 1.76. The topological polar surface area (TPSA) is 131 Å². The second kappa shape index (κ2) is 10.9. The molecule has 4 rings (SSSR count). The molecule has 12 heteroatoms. The van der Waals surface area contributed by atoms with Gasteiger partial charge in [-0.3, -0.25) is 4.98 Å². The number of nitrogen functional groups attached to an aromatic ring is 1. The molecule has 3 N–H and O–H groups in total. The minimum Gasteiger partial charge on any atom is -0.444 e. The van der Waals surface area contributed by atoms with Crippen LogP contribution in [0, 0.1) is 17.1 Å². The average Bonchev–Trinajstić information content (AvgIpc) is 3.45. The zero-order chi connectivity index (χ0) is 30.3. The Bertz CT molecular complexity index is 1490. The standard InChI is InChI=1S/C29H40FN7O3Si/c1-28(2,3)40-27(38)35-19-11-20(17-39-41(7,8)29(4,5)6)36(16-19)26-21-15-34-37(25(21)22(30)12-23(26)32)24-9-10-33-14-18(24)13-31/h9-10,12,14-15,19-20H,11,16-17,32H2,1-8H3,(H,35,38)/t19-,20-/m0/s1. The number of alkyl carbamates (subject to hydrolysis) is 1. The predicted octanol–water partition coefficient (Wildman–Crippen LogP) is 5.51. The van der Waals surface area contributed by atoms with Gasteiger partial charge in [0.15, 0.2) is 14.1 Å². The van der Waals surface area contributed by atoms with E-state index in [1.54, 1.807) is 12.3 Å². The van der Waals surface area contributed by atoms with Gasteiger partial charge in [-0.05, 0) is 51.4 Å². The van der Waals surface area contributed by atoms with Crippen molar-refractivity contribution in [3.63, 3.8) is 0 Å². The smallest absolute Gasteiger partial charge is 0.407 e. The Morgan fingerprint density at radius 3 is 2.61 bits per heavy atom. The van der Waals surface area contributed by atoms with Crippen molar-refractivity contribution in [2.75, 3.05) is 23.8 Å². The summed E-state index contributed by atoms with van der Waals surface area (Å²) in [5.74, 6) is -0.559. The highest BCUT2D eigenvalue weighted by atomic mass is 28.4. The molecule has 1 aromatic carbocycles. The summed E-state index contributed by atoms with van der Waals surface area (Å²) < 4.78 is 29.0. The molecular formula is C29H40FN7O3Si. The van der Waals surface area contributed by atoms with Gasteiger partial charge in [0.25, 0.3) is 0 Å². The van der Waals surface area contributed by atoms with Crippen LogP contribution in [0.4, 0.5) is 20.6 Å². The monoisotopic (exact) mass is 581 g/mol. The molecule has 2 atom stereocenters. The van der Waals surface area contributed by atoms with Crippen LogP contribution < -0.4 is 16.0 Å². The van der Waals surface area contributed by atoms with Crippen molar-refractivity contribution in [1.82, 2.24) is 20.1 Å². The number of carbonyl (C=O) groups is 1. The highest BCUT2D eigenvalue weighted by Gasteiger charge is 2.41. The van der Waals surface area contributed by atoms with Crippen LogP contribution >= 0.6 is 0 Å². The van der Waals surface area contributed by atoms with Gasteiger partial charge in [-0.2, -0.15) is 10.4 Å². The number of carbonyl (C=O) groups excluding carboxylic acids is 1. The van der Waals surface area contributed by atoms with Gasteiger partial charge in [-0.15, -0.1) is 0 Å². The summed E-state index contributed by atoms with van der Waals surface area (Å²) in [6, 6.07) is 4.59. The number of aromatic nitrogens is 3. The maximum Gasteiger partial charge on any atom is 0.407 e. The molecule has 1 aliphatic heterocycles. The number of anilines is 2. The Morgan fingerprint density at radius 2 is 1.98 bits per heavy atom. The van der Waals surface area contributed by atoms with Crippen molar-refractivity contribution >= 4 is 36.7 Å². The van der Waals surface area contributed by atoms with Gasteiger partial charge in [0, 0.05) is 30.4 Å². The van der Waals surface area contributed by atoms with E-state index in [4.69, 9.17) is 14.9 Å². The van der Waals surface area contributed by atoms with E-state index in [1.807, 2.05) is 20.8 Å². The third-order valence-corrected chi connectivity index (χ3v) is 12.3. The number of rotatable bonds is 6. The molecule has 0 saturated carbocycles. The first kappa shape index (κ1) is 30.3. The molecule has 41 heavy (non-hydrogen) atoms. The third-order valence-electron chi connectivity index (χ3n) is 7.82. The lowest BCUT2D eigenvalue weighted by Gasteiger charge is -2.38. The molecule has 0 bridgehead atoms. The summed E-state index contributed by atoms with van der Waals surface area (Å²) in [7, 11) is -2.10. The molecule has 2 aromatic heterocycles. The Kier molecular flexibility index (Phi) is 8.08. The molecule has 0 spiro atoms. The van der Waals surface area contributed by atoms with Crippen LogP contribution in [0.2, 0.25) is 18.1 Å². The Morgan fingerprint density at radius 1 is 1.27 bits per heavy atom. The fourth-order valence-corrected chi connectivity index (χ4v) is 5.83. The highest BCUT2D eigenvalue weighted by molar-refractivity contribution is 6.74. The number of nitrogens with two attached hydrogens (primary N) is 1. The number of amides is 1. The summed E-state index contributed by atoms with van der Waals surface area (Å²) in [5, 5.41) is 17.6. The van der Waals surface area contributed by atoms with Crippen LogP contribution in [0.15, 0.2) is 30.7 Å². The molecule has 3 heterocycles. The van der Waals surface area contributed by atoms with E-state index in [1.165, 1.54) is 23.1 Å². The Labute approximate surface area is 241 Å². The molecule has 220 valence electrons. The second-order valence-corrected chi connectivity index (χ2v) is 17.9. The van der Waals surface area contributed by atoms with Gasteiger partial charge >= 0.3 is 6.09 Å². The van der Waals surface area contributed by atoms with Gasteiger partial charge in [0.2, 0.25) is 0 Å². The van der Waals surface area contributed by atoms with E-state index in [0.717, 1.165) is 0 Å². The quantitative estimate of drug-likeness (QED) is 0.288. The van der Waals surface area contributed by atoms with Crippen LogP contribution in [-0.4, -0.2) is 60.0 Å². The van der Waals surface area contributed by atoms with E-state index < -0.39 is 25.8 Å². The molecular weight excluding hydrogens is 541 g/mol. The summed E-state index contributed by atoms with van der Waals surface area (Å²) in [5.41, 5.74) is 7.59. The molecule has 0 aliphatic carbocycles. The first-order valence-corrected chi connectivity index (χ1v) is 16.6. The maximum atomic E-state index is 15.5. The molecule has 3 aromatic rings. The van der Waals surface area contributed by atoms with Crippen molar-refractivity contribution in [3.05, 3.63) is 42.1 Å². The van der Waals surface area contributed by atoms with Crippen molar-refractivity contribution in [3.8, 4) is 11.8 Å². The summed E-state index contributed by atoms with van der Waals surface area (Å²) in [4.78, 5) is 18.7. The van der Waals surface area contributed by atoms with E-state index in [2.05, 4.69) is 60.2 Å². The Hall–Kier alpha value is -3.69. The highest BCUT2D eigenvalue weighted by Crippen LogP contribution is 2.41. The van der Waals surface area contributed by atoms with Crippen LogP contribution in [-0.2, 0) is 9.16 Å². The number of hydrogen-bond acceptors (Lipinski definition) is 8. The van der Waals surface area contributed by atoms with Crippen molar-refractivity contribution < 1.29 is 18.3 Å². The zero-order valence-electron chi connectivity index (χ0n) is 25.1. The molecule has 1 fully saturated rings. The number of hydrogen-bond donors (Lipinski definition) is 2. The lowest BCUT2D eigenvalue weighted by Crippen LogP contribution is -2.45. The molecule has 0 unspecified atom stereocenters. The van der Waals surface area contributed by atoms with Crippen LogP contribution in [0.3, 0.4) is 0 Å². The van der Waals surface area contributed by atoms with Gasteiger partial charge in [-0.25, -0.2) is 13.9 Å². The molecule has 10 nitrogen and oxygen atoms in total. The fraction of sp³-hybridized carbons (Fsp3) is 0.517. The number of halogens is 1. The lowest BCUT2D eigenvalue weighted by molar-refractivity contribution is 0.0507. The molecule has 1 amide bonds. The zero-order valence-corrected chi connectivity index (χ0v) is 26.1. The first-order chi connectivity index (χ1) is 19.0. The molecule has 1 saturated heterocycles. The fourth-order valence-electron chi connectivity index (χ4n) is 4.79. The summed E-state index contributed by atoms with van der Waals surface area (Å²) in [6.07, 6.45) is 4.59. The van der Waals surface area contributed by atoms with E-state index in [0.29, 0.717) is 36.3 Å². The number of fused-ring (bicyclic) bond motifs is 1. The predicted molar refractivity (Wildman–Crippen MR) is 160 cm³/mol. The van der Waals surface area contributed by atoms with Gasteiger partial charge in [0.1, 0.15) is 17.2 Å². The third kappa shape index (κ3) is 6.31. The van der Waals surface area contributed by atoms with E-state index >= 15 is 4.39 Å². The van der Waals surface area contributed by atoms with Crippen molar-refractivity contribution in [2.24, 2.45) is 0 Å². The number of benzene rings is 1. The van der Waals surface area contributed by atoms with E-state index in [-0.39, 0.29) is 33.9 Å². The first-order valence-electron chi connectivity index (χ1n) is 13.7. The minimum atomic E-state index is -2.10. The van der Waals surface area contributed by atoms with Gasteiger partial charge in [-0.1, -0.05) is 20.8 Å². The van der Waals surface area contributed by atoms with Gasteiger partial charge in [0.05, 0.1) is 47.5 Å².